The smallest absolute Gasteiger partial charge is 0.129 e. The fourth-order valence-electron chi connectivity index (χ4n) is 2.61. The molecule has 1 aliphatic heterocycles. The van der Waals surface area contributed by atoms with Gasteiger partial charge in [-0.1, -0.05) is 38.4 Å². The van der Waals surface area contributed by atoms with Gasteiger partial charge in [0.05, 0.1) is 0 Å². The van der Waals surface area contributed by atoms with E-state index in [2.05, 4.69) is 31.0 Å². The Kier molecular flexibility index (Phi) is 5.05. The molecule has 1 atom stereocenters. The Morgan fingerprint density at radius 1 is 1.40 bits per heavy atom. The maximum atomic E-state index is 13.9. The molecule has 1 N–H and O–H groups in total. The lowest BCUT2D eigenvalue weighted by molar-refractivity contribution is 0.191. The Morgan fingerprint density at radius 3 is 2.80 bits per heavy atom. The van der Waals surface area contributed by atoms with Crippen LogP contribution in [0.5, 0.6) is 0 Å². The van der Waals surface area contributed by atoms with Crippen molar-refractivity contribution in [1.29, 1.82) is 0 Å². The summed E-state index contributed by atoms with van der Waals surface area (Å²) in [6, 6.07) is 5.38. The maximum Gasteiger partial charge on any atom is 0.129 e. The van der Waals surface area contributed by atoms with Gasteiger partial charge < -0.3 is 5.32 Å². The molecule has 1 fully saturated rings. The standard InChI is InChI=1S/C16H24ClFN2/c1-16(2,3)15-11-20(8-4-7-19-15)10-12-5-6-13(17)9-14(12)18/h5-6,9,15,19H,4,7-8,10-11H2,1-3H3. The molecule has 2 rings (SSSR count). The first-order chi connectivity index (χ1) is 9.36. The summed E-state index contributed by atoms with van der Waals surface area (Å²) in [5, 5.41) is 4.06. The normalized spacial score (nSPS) is 21.8. The van der Waals surface area contributed by atoms with Crippen molar-refractivity contribution in [2.24, 2.45) is 5.41 Å². The fraction of sp³-hybridized carbons (Fsp3) is 0.625. The lowest BCUT2D eigenvalue weighted by Crippen LogP contribution is -2.46. The van der Waals surface area contributed by atoms with E-state index in [1.165, 1.54) is 6.07 Å². The highest BCUT2D eigenvalue weighted by Gasteiger charge is 2.28. The van der Waals surface area contributed by atoms with Crippen LogP contribution in [-0.4, -0.2) is 30.6 Å². The van der Waals surface area contributed by atoms with E-state index in [9.17, 15) is 4.39 Å². The molecular formula is C16H24ClFN2. The number of rotatable bonds is 2. The van der Waals surface area contributed by atoms with Gasteiger partial charge in [0.25, 0.3) is 0 Å². The van der Waals surface area contributed by atoms with Crippen LogP contribution in [-0.2, 0) is 6.54 Å². The van der Waals surface area contributed by atoms with Crippen LogP contribution in [0.25, 0.3) is 0 Å². The van der Waals surface area contributed by atoms with Crippen molar-refractivity contribution < 1.29 is 4.39 Å². The van der Waals surface area contributed by atoms with E-state index in [1.807, 2.05) is 0 Å². The molecule has 0 spiro atoms. The molecule has 0 aromatic heterocycles. The van der Waals surface area contributed by atoms with Crippen LogP contribution >= 0.6 is 11.6 Å². The first-order valence-electron chi connectivity index (χ1n) is 7.26. The highest BCUT2D eigenvalue weighted by Crippen LogP contribution is 2.23. The maximum absolute atomic E-state index is 13.9. The van der Waals surface area contributed by atoms with Crippen LogP contribution in [0, 0.1) is 11.2 Å². The molecule has 0 aliphatic carbocycles. The summed E-state index contributed by atoms with van der Waals surface area (Å²) < 4.78 is 13.9. The highest BCUT2D eigenvalue weighted by atomic mass is 35.5. The summed E-state index contributed by atoms with van der Waals surface area (Å²) in [5.74, 6) is -0.206. The van der Waals surface area contributed by atoms with E-state index < -0.39 is 0 Å². The predicted octanol–water partition coefficient (Wildman–Crippen LogP) is 3.69. The summed E-state index contributed by atoms with van der Waals surface area (Å²) in [7, 11) is 0. The van der Waals surface area contributed by atoms with Gasteiger partial charge in [-0.05, 0) is 37.1 Å². The van der Waals surface area contributed by atoms with Crippen molar-refractivity contribution in [3.8, 4) is 0 Å². The Bertz CT molecular complexity index is 456. The third-order valence-corrected chi connectivity index (χ3v) is 4.17. The number of halogens is 2. The van der Waals surface area contributed by atoms with E-state index >= 15 is 0 Å². The van der Waals surface area contributed by atoms with E-state index in [1.54, 1.807) is 12.1 Å². The van der Waals surface area contributed by atoms with Crippen LogP contribution in [0.1, 0.15) is 32.8 Å². The second-order valence-electron chi connectivity index (χ2n) is 6.70. The quantitative estimate of drug-likeness (QED) is 0.896. The van der Waals surface area contributed by atoms with E-state index in [-0.39, 0.29) is 11.2 Å². The Balaban J connectivity index is 2.07. The summed E-state index contributed by atoms with van der Waals surface area (Å²) in [5.41, 5.74) is 0.935. The summed E-state index contributed by atoms with van der Waals surface area (Å²) in [4.78, 5) is 2.34. The van der Waals surface area contributed by atoms with Crippen LogP contribution in [0.3, 0.4) is 0 Å². The molecular weight excluding hydrogens is 275 g/mol. The zero-order valence-electron chi connectivity index (χ0n) is 12.5. The van der Waals surface area contributed by atoms with Crippen molar-refractivity contribution in [3.05, 3.63) is 34.6 Å². The van der Waals surface area contributed by atoms with Crippen LogP contribution in [0.2, 0.25) is 5.02 Å². The Hall–Kier alpha value is -0.640. The number of nitrogens with one attached hydrogen (secondary N) is 1. The van der Waals surface area contributed by atoms with Crippen LogP contribution in [0.15, 0.2) is 18.2 Å². The number of benzene rings is 1. The highest BCUT2D eigenvalue weighted by molar-refractivity contribution is 6.30. The van der Waals surface area contributed by atoms with Gasteiger partial charge >= 0.3 is 0 Å². The lowest BCUT2D eigenvalue weighted by Gasteiger charge is -2.33. The predicted molar refractivity (Wildman–Crippen MR) is 82.5 cm³/mol. The number of hydrogen-bond donors (Lipinski definition) is 1. The summed E-state index contributed by atoms with van der Waals surface area (Å²) in [6.07, 6.45) is 1.10. The fourth-order valence-corrected chi connectivity index (χ4v) is 2.77. The van der Waals surface area contributed by atoms with Crippen molar-refractivity contribution >= 4 is 11.6 Å². The van der Waals surface area contributed by atoms with Gasteiger partial charge in [-0.3, -0.25) is 4.90 Å². The minimum atomic E-state index is -0.206. The molecule has 1 aliphatic rings. The van der Waals surface area contributed by atoms with Gasteiger partial charge in [0.15, 0.2) is 0 Å². The molecule has 4 heteroatoms. The minimum Gasteiger partial charge on any atom is -0.312 e. The summed E-state index contributed by atoms with van der Waals surface area (Å²) in [6.45, 7) is 10.4. The SMILES string of the molecule is CC(C)(C)C1CN(Cc2ccc(Cl)cc2F)CCCN1. The van der Waals surface area contributed by atoms with Gasteiger partial charge in [0.1, 0.15) is 5.82 Å². The zero-order valence-corrected chi connectivity index (χ0v) is 13.3. The van der Waals surface area contributed by atoms with Crippen LogP contribution < -0.4 is 5.32 Å². The topological polar surface area (TPSA) is 15.3 Å². The molecule has 1 heterocycles. The molecule has 0 saturated carbocycles. The number of hydrogen-bond acceptors (Lipinski definition) is 2. The van der Waals surface area contributed by atoms with Gasteiger partial charge in [-0.15, -0.1) is 0 Å². The van der Waals surface area contributed by atoms with Crippen molar-refractivity contribution in [2.75, 3.05) is 19.6 Å². The molecule has 1 saturated heterocycles. The summed E-state index contributed by atoms with van der Waals surface area (Å²) >= 11 is 5.81. The van der Waals surface area contributed by atoms with Gasteiger partial charge in [-0.25, -0.2) is 4.39 Å². The second kappa shape index (κ2) is 6.42. The van der Waals surface area contributed by atoms with Crippen molar-refractivity contribution in [2.45, 2.75) is 39.8 Å². The average Bonchev–Trinajstić information content (AvgIpc) is 2.58. The van der Waals surface area contributed by atoms with Gasteiger partial charge in [0.2, 0.25) is 0 Å². The van der Waals surface area contributed by atoms with E-state index in [0.717, 1.165) is 31.6 Å². The van der Waals surface area contributed by atoms with Crippen molar-refractivity contribution in [3.63, 3.8) is 0 Å². The molecule has 0 amide bonds. The van der Waals surface area contributed by atoms with Gasteiger partial charge in [-0.2, -0.15) is 0 Å². The molecule has 2 nitrogen and oxygen atoms in total. The molecule has 1 unspecified atom stereocenters. The third-order valence-electron chi connectivity index (χ3n) is 3.94. The van der Waals surface area contributed by atoms with Gasteiger partial charge in [0, 0.05) is 29.7 Å². The van der Waals surface area contributed by atoms with E-state index in [0.29, 0.717) is 17.6 Å². The number of nitrogens with zero attached hydrogens (tertiary/aromatic N) is 1. The molecule has 1 aromatic rings. The monoisotopic (exact) mass is 298 g/mol. The Labute approximate surface area is 126 Å². The molecule has 20 heavy (non-hydrogen) atoms. The molecule has 1 aromatic carbocycles. The minimum absolute atomic E-state index is 0.206. The second-order valence-corrected chi connectivity index (χ2v) is 7.13. The van der Waals surface area contributed by atoms with E-state index in [4.69, 9.17) is 11.6 Å². The van der Waals surface area contributed by atoms with Crippen molar-refractivity contribution in [1.82, 2.24) is 10.2 Å². The largest absolute Gasteiger partial charge is 0.312 e. The van der Waals surface area contributed by atoms with Crippen LogP contribution in [0.4, 0.5) is 4.39 Å². The molecule has 0 radical (unpaired) electrons. The first kappa shape index (κ1) is 15.7. The lowest BCUT2D eigenvalue weighted by atomic mass is 9.86. The molecule has 112 valence electrons. The zero-order chi connectivity index (χ0) is 14.8. The Morgan fingerprint density at radius 2 is 2.15 bits per heavy atom. The molecule has 0 bridgehead atoms. The average molecular weight is 299 g/mol. The third kappa shape index (κ3) is 4.18. The first-order valence-corrected chi connectivity index (χ1v) is 7.64.